The van der Waals surface area contributed by atoms with E-state index in [1.54, 1.807) is 0 Å². The molecule has 2 fully saturated rings. The topological polar surface area (TPSA) is 20.2 Å². The summed E-state index contributed by atoms with van der Waals surface area (Å²) in [7, 11) is 0. The van der Waals surface area contributed by atoms with E-state index in [9.17, 15) is 5.11 Å². The molecule has 2 heterocycles. The molecule has 2 aliphatic rings. The van der Waals surface area contributed by atoms with Gasteiger partial charge in [0.15, 0.2) is 0 Å². The van der Waals surface area contributed by atoms with E-state index < -0.39 is 5.60 Å². The van der Waals surface area contributed by atoms with Crippen LogP contribution in [0.15, 0.2) is 12.1 Å². The maximum atomic E-state index is 11.9. The van der Waals surface area contributed by atoms with Crippen LogP contribution in [0.4, 0.5) is 0 Å². The summed E-state index contributed by atoms with van der Waals surface area (Å²) < 4.78 is 0. The van der Waals surface area contributed by atoms with Crippen LogP contribution in [0.25, 0.3) is 0 Å². The van der Waals surface area contributed by atoms with E-state index >= 15 is 0 Å². The SMILES string of the molecule is CC(C)c1cc(C(C)C)c(C2(O)CC3CCCC(C2)S3)c(C(C)C)c1. The molecular weight excluding hydrogens is 324 g/mol. The molecule has 2 bridgehead atoms. The third-order valence-corrected chi connectivity index (χ3v) is 7.74. The minimum absolute atomic E-state index is 0.449. The summed E-state index contributed by atoms with van der Waals surface area (Å²) in [6.07, 6.45) is 5.78. The molecule has 140 valence electrons. The molecule has 0 amide bonds. The second-order valence-electron chi connectivity index (χ2n) is 9.29. The van der Waals surface area contributed by atoms with Crippen molar-refractivity contribution in [3.63, 3.8) is 0 Å². The van der Waals surface area contributed by atoms with Gasteiger partial charge in [-0.05, 0) is 65.7 Å². The van der Waals surface area contributed by atoms with Crippen molar-refractivity contribution in [2.24, 2.45) is 0 Å². The first kappa shape index (κ1) is 19.3. The lowest BCUT2D eigenvalue weighted by Gasteiger charge is -2.46. The van der Waals surface area contributed by atoms with Crippen molar-refractivity contribution in [1.29, 1.82) is 0 Å². The molecule has 2 aliphatic heterocycles. The summed E-state index contributed by atoms with van der Waals surface area (Å²) in [4.78, 5) is 0. The molecule has 25 heavy (non-hydrogen) atoms. The van der Waals surface area contributed by atoms with E-state index in [1.807, 2.05) is 0 Å². The molecule has 1 N–H and O–H groups in total. The minimum Gasteiger partial charge on any atom is -0.385 e. The highest BCUT2D eigenvalue weighted by Crippen LogP contribution is 2.52. The summed E-state index contributed by atoms with van der Waals surface area (Å²) in [5.74, 6) is 1.43. The Bertz CT molecular complexity index is 576. The van der Waals surface area contributed by atoms with Gasteiger partial charge in [0, 0.05) is 10.5 Å². The Morgan fingerprint density at radius 2 is 1.36 bits per heavy atom. The van der Waals surface area contributed by atoms with Crippen LogP contribution in [-0.2, 0) is 5.60 Å². The predicted octanol–water partition coefficient (Wildman–Crippen LogP) is 6.69. The fourth-order valence-electron chi connectivity index (χ4n) is 4.82. The third kappa shape index (κ3) is 3.81. The van der Waals surface area contributed by atoms with Gasteiger partial charge in [0.1, 0.15) is 0 Å². The molecular formula is C23H36OS. The molecule has 0 aliphatic carbocycles. The van der Waals surface area contributed by atoms with Gasteiger partial charge in [-0.15, -0.1) is 0 Å². The number of rotatable bonds is 4. The molecule has 2 saturated heterocycles. The molecule has 2 heteroatoms. The summed E-state index contributed by atoms with van der Waals surface area (Å²) >= 11 is 2.15. The average Bonchev–Trinajstić information content (AvgIpc) is 2.52. The summed E-state index contributed by atoms with van der Waals surface area (Å²) in [5.41, 5.74) is 4.87. The normalized spacial score (nSPS) is 29.7. The Balaban J connectivity index is 2.16. The van der Waals surface area contributed by atoms with E-state index in [0.29, 0.717) is 28.3 Å². The fourth-order valence-corrected chi connectivity index (χ4v) is 6.71. The first-order chi connectivity index (χ1) is 11.7. The minimum atomic E-state index is -0.629. The Morgan fingerprint density at radius 3 is 1.76 bits per heavy atom. The molecule has 0 saturated carbocycles. The lowest BCUT2D eigenvalue weighted by atomic mass is 9.72. The Morgan fingerprint density at radius 1 is 0.880 bits per heavy atom. The largest absolute Gasteiger partial charge is 0.385 e. The molecule has 2 atom stereocenters. The van der Waals surface area contributed by atoms with Gasteiger partial charge in [0.2, 0.25) is 0 Å². The number of hydrogen-bond donors (Lipinski definition) is 1. The van der Waals surface area contributed by atoms with Gasteiger partial charge in [-0.3, -0.25) is 0 Å². The summed E-state index contributed by atoms with van der Waals surface area (Å²) in [6, 6.07) is 4.79. The highest BCUT2D eigenvalue weighted by molar-refractivity contribution is 8.00. The van der Waals surface area contributed by atoms with Gasteiger partial charge in [0.25, 0.3) is 0 Å². The Kier molecular flexibility index (Phi) is 5.61. The standard InChI is InChI=1S/C23H36OS/c1-14(2)17-10-20(15(3)4)22(21(11-17)16(5)6)23(24)12-18-8-7-9-19(13-23)25-18/h10-11,14-16,18-19,24H,7-9,12-13H2,1-6H3. The second-order valence-corrected chi connectivity index (χ2v) is 10.9. The van der Waals surface area contributed by atoms with E-state index in [0.717, 1.165) is 12.8 Å². The van der Waals surface area contributed by atoms with E-state index in [1.165, 1.54) is 41.5 Å². The lowest BCUT2D eigenvalue weighted by Crippen LogP contribution is -2.42. The number of thioether (sulfide) groups is 1. The van der Waals surface area contributed by atoms with Crippen LogP contribution in [0.2, 0.25) is 0 Å². The first-order valence-electron chi connectivity index (χ1n) is 10.3. The van der Waals surface area contributed by atoms with Crippen molar-refractivity contribution in [2.45, 2.75) is 108 Å². The number of benzene rings is 1. The quantitative estimate of drug-likeness (QED) is 0.645. The van der Waals surface area contributed by atoms with Gasteiger partial charge < -0.3 is 5.11 Å². The maximum Gasteiger partial charge on any atom is 0.0923 e. The zero-order valence-electron chi connectivity index (χ0n) is 16.9. The third-order valence-electron chi connectivity index (χ3n) is 6.17. The van der Waals surface area contributed by atoms with Crippen LogP contribution in [0.1, 0.15) is 114 Å². The smallest absolute Gasteiger partial charge is 0.0923 e. The molecule has 2 unspecified atom stereocenters. The number of aliphatic hydroxyl groups is 1. The predicted molar refractivity (Wildman–Crippen MR) is 111 cm³/mol. The van der Waals surface area contributed by atoms with Crippen molar-refractivity contribution in [3.05, 3.63) is 34.4 Å². The number of hydrogen-bond acceptors (Lipinski definition) is 2. The van der Waals surface area contributed by atoms with Crippen LogP contribution in [0, 0.1) is 0 Å². The maximum absolute atomic E-state index is 11.9. The molecule has 1 aromatic carbocycles. The molecule has 1 aromatic rings. The molecule has 0 aromatic heterocycles. The van der Waals surface area contributed by atoms with Gasteiger partial charge >= 0.3 is 0 Å². The van der Waals surface area contributed by atoms with Crippen molar-refractivity contribution < 1.29 is 5.11 Å². The highest BCUT2D eigenvalue weighted by Gasteiger charge is 2.45. The van der Waals surface area contributed by atoms with Crippen molar-refractivity contribution in [3.8, 4) is 0 Å². The molecule has 1 nitrogen and oxygen atoms in total. The van der Waals surface area contributed by atoms with E-state index in [-0.39, 0.29) is 0 Å². The summed E-state index contributed by atoms with van der Waals surface area (Å²) in [5, 5.41) is 13.2. The van der Waals surface area contributed by atoms with Crippen molar-refractivity contribution in [2.75, 3.05) is 0 Å². The molecule has 3 rings (SSSR count). The van der Waals surface area contributed by atoms with Gasteiger partial charge in [-0.25, -0.2) is 0 Å². The number of fused-ring (bicyclic) bond motifs is 2. The van der Waals surface area contributed by atoms with Crippen molar-refractivity contribution in [1.82, 2.24) is 0 Å². The zero-order chi connectivity index (χ0) is 18.4. The van der Waals surface area contributed by atoms with Crippen molar-refractivity contribution >= 4 is 11.8 Å². The van der Waals surface area contributed by atoms with Crippen LogP contribution >= 0.6 is 11.8 Å². The monoisotopic (exact) mass is 360 g/mol. The zero-order valence-corrected chi connectivity index (χ0v) is 17.7. The van der Waals surface area contributed by atoms with Crippen LogP contribution in [0.5, 0.6) is 0 Å². The first-order valence-corrected chi connectivity index (χ1v) is 11.2. The van der Waals surface area contributed by atoms with Crippen LogP contribution < -0.4 is 0 Å². The Labute approximate surface area is 159 Å². The van der Waals surface area contributed by atoms with Gasteiger partial charge in [-0.2, -0.15) is 11.8 Å². The molecule has 0 radical (unpaired) electrons. The van der Waals surface area contributed by atoms with E-state index in [2.05, 4.69) is 65.4 Å². The lowest BCUT2D eigenvalue weighted by molar-refractivity contribution is 0.00607. The molecule has 0 spiro atoms. The second kappa shape index (κ2) is 7.27. The highest BCUT2D eigenvalue weighted by atomic mass is 32.2. The average molecular weight is 361 g/mol. The van der Waals surface area contributed by atoms with Gasteiger partial charge in [-0.1, -0.05) is 60.1 Å². The summed E-state index contributed by atoms with van der Waals surface area (Å²) in [6.45, 7) is 13.7. The van der Waals surface area contributed by atoms with Crippen LogP contribution in [-0.4, -0.2) is 15.6 Å². The van der Waals surface area contributed by atoms with Crippen LogP contribution in [0.3, 0.4) is 0 Å². The van der Waals surface area contributed by atoms with E-state index in [4.69, 9.17) is 0 Å². The Hall–Kier alpha value is -0.470. The fraction of sp³-hybridized carbons (Fsp3) is 0.739. The van der Waals surface area contributed by atoms with Gasteiger partial charge in [0.05, 0.1) is 5.60 Å².